The highest BCUT2D eigenvalue weighted by Crippen LogP contribution is 2.38. The van der Waals surface area contributed by atoms with Gasteiger partial charge in [0.1, 0.15) is 17.7 Å². The van der Waals surface area contributed by atoms with Crippen molar-refractivity contribution in [2.24, 2.45) is 0 Å². The van der Waals surface area contributed by atoms with Crippen LogP contribution in [0.25, 0.3) is 17.0 Å². The Morgan fingerprint density at radius 1 is 1.27 bits per heavy atom. The van der Waals surface area contributed by atoms with Gasteiger partial charge in [0.15, 0.2) is 11.5 Å². The fraction of sp³-hybridized carbons (Fsp3) is 0.211. The number of aromatic nitrogens is 6. The second-order valence-electron chi connectivity index (χ2n) is 6.85. The van der Waals surface area contributed by atoms with Crippen molar-refractivity contribution < 1.29 is 9.53 Å². The Labute approximate surface area is 180 Å². The Balaban J connectivity index is 1.52. The third-order valence-corrected chi connectivity index (χ3v) is 5.50. The number of nitrogens with zero attached hydrogens (tertiary/aromatic N) is 5. The third kappa shape index (κ3) is 3.20. The molecule has 1 aliphatic heterocycles. The molecule has 0 saturated carbocycles. The molecule has 1 unspecified atom stereocenters. The number of benzene rings is 1. The number of hydrogen-bond donors (Lipinski definition) is 2. The molecule has 152 valence electrons. The van der Waals surface area contributed by atoms with Gasteiger partial charge < -0.3 is 15.0 Å². The molecule has 0 bridgehead atoms. The number of H-pyrrole nitrogens is 1. The molecule has 11 heteroatoms. The van der Waals surface area contributed by atoms with Gasteiger partial charge in [-0.25, -0.2) is 15.0 Å². The summed E-state index contributed by atoms with van der Waals surface area (Å²) in [6, 6.07) is 5.22. The number of rotatable bonds is 4. The van der Waals surface area contributed by atoms with Crippen molar-refractivity contribution in [2.45, 2.75) is 26.1 Å². The molecule has 4 heterocycles. The summed E-state index contributed by atoms with van der Waals surface area (Å²) in [5, 5.41) is 8.56. The maximum atomic E-state index is 12.4. The Morgan fingerprint density at radius 2 is 2.13 bits per heavy atom. The highest BCUT2D eigenvalue weighted by Gasteiger charge is 2.33. The molecular weight excluding hydrogens is 429 g/mol. The zero-order valence-corrected chi connectivity index (χ0v) is 17.2. The Kier molecular flexibility index (Phi) is 4.65. The monoisotopic (exact) mass is 443 g/mol. The second-order valence-corrected chi connectivity index (χ2v) is 7.69. The van der Waals surface area contributed by atoms with E-state index < -0.39 is 6.10 Å². The maximum Gasteiger partial charge on any atom is 0.228 e. The number of amides is 1. The maximum absolute atomic E-state index is 12.4. The molecule has 0 aliphatic carbocycles. The minimum atomic E-state index is -0.478. The highest BCUT2D eigenvalue weighted by atomic mass is 35.5. The summed E-state index contributed by atoms with van der Waals surface area (Å²) in [5.74, 6) is 0.833. The van der Waals surface area contributed by atoms with Gasteiger partial charge in [-0.15, -0.1) is 0 Å². The van der Waals surface area contributed by atoms with Crippen LogP contribution in [0.4, 0.5) is 5.82 Å². The first-order valence-corrected chi connectivity index (χ1v) is 9.86. The van der Waals surface area contributed by atoms with Crippen molar-refractivity contribution >= 4 is 46.1 Å². The lowest BCUT2D eigenvalue weighted by molar-refractivity contribution is -0.120. The lowest BCUT2D eigenvalue weighted by Gasteiger charge is -2.24. The number of aromatic amines is 1. The Bertz CT molecular complexity index is 1280. The van der Waals surface area contributed by atoms with Gasteiger partial charge in [0, 0.05) is 15.6 Å². The van der Waals surface area contributed by atoms with E-state index >= 15 is 0 Å². The summed E-state index contributed by atoms with van der Waals surface area (Å²) in [4.78, 5) is 28.1. The van der Waals surface area contributed by atoms with Crippen LogP contribution in [0, 0.1) is 6.92 Å². The van der Waals surface area contributed by atoms with Crippen molar-refractivity contribution in [3.63, 3.8) is 0 Å². The molecule has 4 aromatic rings. The van der Waals surface area contributed by atoms with Gasteiger partial charge in [-0.2, -0.15) is 9.78 Å². The highest BCUT2D eigenvalue weighted by molar-refractivity contribution is 6.35. The van der Waals surface area contributed by atoms with Crippen LogP contribution in [0.5, 0.6) is 0 Å². The lowest BCUT2D eigenvalue weighted by Crippen LogP contribution is -2.26. The quantitative estimate of drug-likeness (QED) is 0.496. The van der Waals surface area contributed by atoms with E-state index in [2.05, 4.69) is 30.4 Å². The molecule has 0 spiro atoms. The van der Waals surface area contributed by atoms with Crippen LogP contribution in [0.2, 0.25) is 10.0 Å². The van der Waals surface area contributed by atoms with E-state index in [1.165, 1.54) is 12.7 Å². The van der Waals surface area contributed by atoms with Crippen LogP contribution >= 0.6 is 23.2 Å². The minimum Gasteiger partial charge on any atom is -0.368 e. The van der Waals surface area contributed by atoms with E-state index in [4.69, 9.17) is 27.9 Å². The standard InChI is InChI=1S/C19H15Cl2N7O2/c1-9-15-13(30-6-10-2-3-11(20)4-12(10)21)5-14(29)26-18(15)28(27-9)19-16-17(23-7-22-16)24-8-25-19/h2-4,7-8,13H,5-6H2,1H3,(H,26,29)(H,22,23,24,25). The molecule has 30 heavy (non-hydrogen) atoms. The number of aryl methyl sites for hydroxylation is 1. The van der Waals surface area contributed by atoms with Gasteiger partial charge in [0.25, 0.3) is 0 Å². The number of carbonyl (C=O) groups excluding carboxylic acids is 1. The molecule has 1 atom stereocenters. The molecule has 9 nitrogen and oxygen atoms in total. The summed E-state index contributed by atoms with van der Waals surface area (Å²) in [6.07, 6.45) is 2.64. The summed E-state index contributed by atoms with van der Waals surface area (Å²) < 4.78 is 7.67. The van der Waals surface area contributed by atoms with Gasteiger partial charge >= 0.3 is 0 Å². The van der Waals surface area contributed by atoms with E-state index in [0.29, 0.717) is 32.8 Å². The fourth-order valence-electron chi connectivity index (χ4n) is 3.54. The Morgan fingerprint density at radius 3 is 2.97 bits per heavy atom. The normalized spacial score (nSPS) is 16.0. The molecule has 1 aromatic carbocycles. The fourth-order valence-corrected chi connectivity index (χ4v) is 4.00. The van der Waals surface area contributed by atoms with E-state index in [-0.39, 0.29) is 18.9 Å². The molecule has 1 aliphatic rings. The van der Waals surface area contributed by atoms with E-state index in [9.17, 15) is 4.79 Å². The largest absolute Gasteiger partial charge is 0.368 e. The number of halogens is 2. The molecular formula is C19H15Cl2N7O2. The van der Waals surface area contributed by atoms with Crippen LogP contribution in [0.15, 0.2) is 30.9 Å². The van der Waals surface area contributed by atoms with Crippen LogP contribution in [-0.4, -0.2) is 35.6 Å². The first-order valence-electron chi connectivity index (χ1n) is 9.10. The van der Waals surface area contributed by atoms with Crippen molar-refractivity contribution in [1.29, 1.82) is 0 Å². The van der Waals surface area contributed by atoms with Gasteiger partial charge in [-0.3, -0.25) is 4.79 Å². The first-order chi connectivity index (χ1) is 14.5. The van der Waals surface area contributed by atoms with Crippen LogP contribution in [-0.2, 0) is 16.1 Å². The van der Waals surface area contributed by atoms with Crippen molar-refractivity contribution in [2.75, 3.05) is 5.32 Å². The van der Waals surface area contributed by atoms with Crippen molar-refractivity contribution in [1.82, 2.24) is 29.7 Å². The number of imidazole rings is 1. The molecule has 5 rings (SSSR count). The van der Waals surface area contributed by atoms with E-state index in [1.54, 1.807) is 22.9 Å². The van der Waals surface area contributed by atoms with E-state index in [1.807, 2.05) is 6.92 Å². The number of anilines is 1. The van der Waals surface area contributed by atoms with Crippen molar-refractivity contribution in [3.8, 4) is 5.82 Å². The zero-order valence-electron chi connectivity index (χ0n) is 15.7. The summed E-state index contributed by atoms with van der Waals surface area (Å²) in [6.45, 7) is 2.10. The summed E-state index contributed by atoms with van der Waals surface area (Å²) in [5.41, 5.74) is 3.44. The minimum absolute atomic E-state index is 0.175. The third-order valence-electron chi connectivity index (χ3n) is 4.92. The summed E-state index contributed by atoms with van der Waals surface area (Å²) >= 11 is 12.2. The number of ether oxygens (including phenoxy) is 1. The second kappa shape index (κ2) is 7.35. The first kappa shape index (κ1) is 19.0. The topological polar surface area (TPSA) is 111 Å². The number of fused-ring (bicyclic) bond motifs is 2. The van der Waals surface area contributed by atoms with Gasteiger partial charge in [0.05, 0.1) is 31.2 Å². The van der Waals surface area contributed by atoms with Crippen LogP contribution in [0.3, 0.4) is 0 Å². The molecule has 3 aromatic heterocycles. The average molecular weight is 444 g/mol. The van der Waals surface area contributed by atoms with Crippen LogP contribution in [0.1, 0.15) is 29.3 Å². The van der Waals surface area contributed by atoms with Gasteiger partial charge in [-0.1, -0.05) is 29.3 Å². The van der Waals surface area contributed by atoms with E-state index in [0.717, 1.165) is 16.8 Å². The van der Waals surface area contributed by atoms with Crippen LogP contribution < -0.4 is 5.32 Å². The average Bonchev–Trinajstić information content (AvgIpc) is 3.31. The Hall–Kier alpha value is -3.01. The SMILES string of the molecule is Cc1nn(-c2ncnc3nc[nH]c23)c2c1C(OCc1ccc(Cl)cc1Cl)CC(=O)N2. The predicted octanol–water partition coefficient (Wildman–Crippen LogP) is 3.75. The summed E-state index contributed by atoms with van der Waals surface area (Å²) in [7, 11) is 0. The number of nitrogens with one attached hydrogen (secondary N) is 2. The molecule has 0 fully saturated rings. The molecule has 0 radical (unpaired) electrons. The lowest BCUT2D eigenvalue weighted by atomic mass is 10.0. The number of hydrogen-bond acceptors (Lipinski definition) is 6. The van der Waals surface area contributed by atoms with Gasteiger partial charge in [0.2, 0.25) is 5.91 Å². The zero-order chi connectivity index (χ0) is 20.8. The molecule has 2 N–H and O–H groups in total. The van der Waals surface area contributed by atoms with Crippen molar-refractivity contribution in [3.05, 3.63) is 57.7 Å². The van der Waals surface area contributed by atoms with Gasteiger partial charge in [-0.05, 0) is 24.6 Å². The predicted molar refractivity (Wildman–Crippen MR) is 111 cm³/mol. The number of carbonyl (C=O) groups is 1. The molecule has 1 amide bonds. The smallest absolute Gasteiger partial charge is 0.228 e. The molecule has 0 saturated heterocycles.